The zero-order valence-corrected chi connectivity index (χ0v) is 16.7. The lowest BCUT2D eigenvalue weighted by atomic mass is 9.98. The summed E-state index contributed by atoms with van der Waals surface area (Å²) in [6.07, 6.45) is 5.26. The second kappa shape index (κ2) is 8.76. The monoisotopic (exact) mass is 415 g/mol. The molecule has 1 aromatic heterocycles. The molecule has 0 saturated carbocycles. The highest BCUT2D eigenvalue weighted by Gasteiger charge is 2.18. The van der Waals surface area contributed by atoms with Gasteiger partial charge < -0.3 is 9.88 Å². The number of rotatable bonds is 6. The summed E-state index contributed by atoms with van der Waals surface area (Å²) in [4.78, 5) is 29.9. The van der Waals surface area contributed by atoms with Gasteiger partial charge in [0, 0.05) is 35.1 Å². The van der Waals surface area contributed by atoms with Crippen molar-refractivity contribution in [2.75, 3.05) is 0 Å². The van der Waals surface area contributed by atoms with Crippen LogP contribution in [0, 0.1) is 0 Å². The highest BCUT2D eigenvalue weighted by atomic mass is 35.5. The summed E-state index contributed by atoms with van der Waals surface area (Å²) in [5.41, 5.74) is 3.02. The molecule has 0 aliphatic carbocycles. The van der Waals surface area contributed by atoms with Gasteiger partial charge in [0.1, 0.15) is 0 Å². The molecule has 4 aromatic rings. The smallest absolute Gasteiger partial charge is 0.252 e. The molecule has 6 heteroatoms. The number of aromatic nitrogens is 2. The van der Waals surface area contributed by atoms with Crippen LogP contribution in [0.4, 0.5) is 0 Å². The first-order valence-corrected chi connectivity index (χ1v) is 9.75. The Bertz CT molecular complexity index is 1190. The summed E-state index contributed by atoms with van der Waals surface area (Å²) in [6, 6.07) is 21.2. The van der Waals surface area contributed by atoms with Crippen molar-refractivity contribution >= 4 is 23.3 Å². The van der Waals surface area contributed by atoms with Gasteiger partial charge in [0.15, 0.2) is 5.78 Å². The summed E-state index contributed by atoms with van der Waals surface area (Å²) in [5.74, 6) is -0.537. The van der Waals surface area contributed by atoms with E-state index in [-0.39, 0.29) is 11.7 Å². The first-order chi connectivity index (χ1) is 14.6. The first kappa shape index (κ1) is 19.6. The van der Waals surface area contributed by atoms with E-state index in [0.29, 0.717) is 28.3 Å². The Hall–Kier alpha value is -3.70. The van der Waals surface area contributed by atoms with Gasteiger partial charge in [-0.2, -0.15) is 0 Å². The van der Waals surface area contributed by atoms with Gasteiger partial charge in [-0.25, -0.2) is 4.98 Å². The topological polar surface area (TPSA) is 64.0 Å². The lowest BCUT2D eigenvalue weighted by Crippen LogP contribution is -2.25. The Morgan fingerprint density at radius 2 is 1.60 bits per heavy atom. The highest BCUT2D eigenvalue weighted by Crippen LogP contribution is 2.18. The molecular formula is C24H18ClN3O2. The maximum absolute atomic E-state index is 12.9. The van der Waals surface area contributed by atoms with Crippen molar-refractivity contribution in [3.63, 3.8) is 0 Å². The molecule has 1 amide bonds. The van der Waals surface area contributed by atoms with Crippen LogP contribution in [0.1, 0.15) is 31.8 Å². The third-order valence-corrected chi connectivity index (χ3v) is 4.99. The number of carbonyl (C=O) groups is 2. The maximum Gasteiger partial charge on any atom is 0.252 e. The lowest BCUT2D eigenvalue weighted by Gasteiger charge is -2.13. The third kappa shape index (κ3) is 4.16. The quantitative estimate of drug-likeness (QED) is 0.465. The van der Waals surface area contributed by atoms with Crippen molar-refractivity contribution < 1.29 is 9.59 Å². The molecule has 0 radical (unpaired) electrons. The first-order valence-electron chi connectivity index (χ1n) is 9.37. The fraction of sp³-hybridized carbons (Fsp3) is 0.0417. The van der Waals surface area contributed by atoms with E-state index < -0.39 is 0 Å². The molecule has 0 saturated heterocycles. The van der Waals surface area contributed by atoms with E-state index in [9.17, 15) is 9.59 Å². The van der Waals surface area contributed by atoms with Gasteiger partial charge in [0.2, 0.25) is 0 Å². The number of para-hydroxylation sites is 1. The number of nitrogens with zero attached hydrogens (tertiary/aromatic N) is 2. The van der Waals surface area contributed by atoms with Crippen molar-refractivity contribution in [1.29, 1.82) is 0 Å². The van der Waals surface area contributed by atoms with E-state index in [2.05, 4.69) is 10.3 Å². The number of ketones is 1. The number of carbonyl (C=O) groups excluding carboxylic acids is 2. The summed E-state index contributed by atoms with van der Waals surface area (Å²) in [5, 5.41) is 3.48. The largest absolute Gasteiger partial charge is 0.348 e. The molecule has 4 rings (SSSR count). The molecule has 0 unspecified atom stereocenters. The number of benzene rings is 3. The SMILES string of the molecule is O=C(NCc1ccccc1-n1ccnc1)c1ccccc1C(=O)c1ccc(Cl)cc1. The Kier molecular flexibility index (Phi) is 5.72. The molecule has 5 nitrogen and oxygen atoms in total. The van der Waals surface area contributed by atoms with Gasteiger partial charge in [-0.15, -0.1) is 0 Å². The van der Waals surface area contributed by atoms with Crippen molar-refractivity contribution in [3.05, 3.63) is 119 Å². The number of nitrogens with one attached hydrogen (secondary N) is 1. The predicted molar refractivity (Wildman–Crippen MR) is 116 cm³/mol. The minimum Gasteiger partial charge on any atom is -0.348 e. The summed E-state index contributed by atoms with van der Waals surface area (Å²) >= 11 is 5.91. The van der Waals surface area contributed by atoms with Gasteiger partial charge in [0.25, 0.3) is 5.91 Å². The van der Waals surface area contributed by atoms with E-state index >= 15 is 0 Å². The molecule has 3 aromatic carbocycles. The molecule has 0 spiro atoms. The van der Waals surface area contributed by atoms with Gasteiger partial charge in [-0.05, 0) is 42.0 Å². The van der Waals surface area contributed by atoms with Gasteiger partial charge in [0.05, 0.1) is 17.6 Å². The normalized spacial score (nSPS) is 10.6. The fourth-order valence-electron chi connectivity index (χ4n) is 3.22. The standard InChI is InChI=1S/C24H18ClN3O2/c25-19-11-9-17(10-12-19)23(29)20-6-2-3-7-21(20)24(30)27-15-18-5-1-4-8-22(18)28-14-13-26-16-28/h1-14,16H,15H2,(H,27,30). The Morgan fingerprint density at radius 1 is 0.900 bits per heavy atom. The van der Waals surface area contributed by atoms with E-state index in [1.165, 1.54) is 0 Å². The summed E-state index contributed by atoms with van der Waals surface area (Å²) in [6.45, 7) is 0.316. The molecule has 0 bridgehead atoms. The molecule has 148 valence electrons. The number of hydrogen-bond donors (Lipinski definition) is 1. The van der Waals surface area contributed by atoms with Crippen LogP contribution >= 0.6 is 11.6 Å². The number of amides is 1. The Morgan fingerprint density at radius 3 is 2.33 bits per heavy atom. The van der Waals surface area contributed by atoms with Gasteiger partial charge in [-0.3, -0.25) is 9.59 Å². The lowest BCUT2D eigenvalue weighted by molar-refractivity contribution is 0.0939. The van der Waals surface area contributed by atoms with E-state index in [0.717, 1.165) is 11.3 Å². The van der Waals surface area contributed by atoms with Crippen LogP contribution in [0.3, 0.4) is 0 Å². The second-order valence-electron chi connectivity index (χ2n) is 6.66. The predicted octanol–water partition coefficient (Wildman–Crippen LogP) is 4.69. The average Bonchev–Trinajstić information content (AvgIpc) is 3.32. The van der Waals surface area contributed by atoms with Crippen molar-refractivity contribution in [2.45, 2.75) is 6.54 Å². The van der Waals surface area contributed by atoms with Crippen LogP contribution in [0.15, 0.2) is 91.5 Å². The summed E-state index contributed by atoms with van der Waals surface area (Å²) in [7, 11) is 0. The van der Waals surface area contributed by atoms with Crippen LogP contribution in [-0.2, 0) is 6.54 Å². The molecular weight excluding hydrogens is 398 g/mol. The van der Waals surface area contributed by atoms with Gasteiger partial charge in [-0.1, -0.05) is 48.0 Å². The molecule has 1 heterocycles. The number of imidazole rings is 1. The van der Waals surface area contributed by atoms with E-state index in [1.54, 1.807) is 61.1 Å². The number of hydrogen-bond acceptors (Lipinski definition) is 3. The van der Waals surface area contributed by atoms with Gasteiger partial charge >= 0.3 is 0 Å². The Balaban J connectivity index is 1.56. The molecule has 30 heavy (non-hydrogen) atoms. The molecule has 0 aliphatic rings. The average molecular weight is 416 g/mol. The Labute approximate surface area is 179 Å². The van der Waals surface area contributed by atoms with E-state index in [4.69, 9.17) is 11.6 Å². The van der Waals surface area contributed by atoms with Crippen molar-refractivity contribution in [3.8, 4) is 5.69 Å². The number of halogens is 1. The zero-order chi connectivity index (χ0) is 20.9. The van der Waals surface area contributed by atoms with Crippen LogP contribution in [-0.4, -0.2) is 21.2 Å². The summed E-state index contributed by atoms with van der Waals surface area (Å²) < 4.78 is 1.89. The third-order valence-electron chi connectivity index (χ3n) is 4.74. The molecule has 0 fully saturated rings. The van der Waals surface area contributed by atoms with Crippen LogP contribution in [0.5, 0.6) is 0 Å². The molecule has 0 atom stereocenters. The highest BCUT2D eigenvalue weighted by molar-refractivity contribution is 6.30. The minimum atomic E-state index is -0.312. The minimum absolute atomic E-state index is 0.226. The maximum atomic E-state index is 12.9. The van der Waals surface area contributed by atoms with Crippen molar-refractivity contribution in [2.24, 2.45) is 0 Å². The molecule has 0 aliphatic heterocycles. The second-order valence-corrected chi connectivity index (χ2v) is 7.10. The van der Waals surface area contributed by atoms with E-state index in [1.807, 2.05) is 35.0 Å². The van der Waals surface area contributed by atoms with Crippen LogP contribution in [0.2, 0.25) is 5.02 Å². The van der Waals surface area contributed by atoms with Crippen LogP contribution in [0.25, 0.3) is 5.69 Å². The van der Waals surface area contributed by atoms with Crippen LogP contribution < -0.4 is 5.32 Å². The molecule has 1 N–H and O–H groups in total. The fourth-order valence-corrected chi connectivity index (χ4v) is 3.35. The van der Waals surface area contributed by atoms with Crippen molar-refractivity contribution in [1.82, 2.24) is 14.9 Å². The zero-order valence-electron chi connectivity index (χ0n) is 16.0.